The number of rotatable bonds is 2. The summed E-state index contributed by atoms with van der Waals surface area (Å²) in [4.78, 5) is 14.6. The number of hydrogen-bond donors (Lipinski definition) is 0. The number of aromatic nitrogens is 1. The number of carbonyl (C=O) groups is 1. The number of aryl methyl sites for hydroxylation is 1. The molecule has 24 heavy (non-hydrogen) atoms. The monoisotopic (exact) mass is 338 g/mol. The molecule has 3 aromatic rings. The number of halogens is 1. The lowest BCUT2D eigenvalue weighted by molar-refractivity contribution is 0.0976. The quantitative estimate of drug-likeness (QED) is 0.686. The number of amides is 1. The second kappa shape index (κ2) is 6.13. The van der Waals surface area contributed by atoms with E-state index in [0.717, 1.165) is 24.1 Å². The predicted molar refractivity (Wildman–Crippen MR) is 93.4 cm³/mol. The molecule has 4 rings (SSSR count). The fraction of sp³-hybridized carbons (Fsp3) is 0.158. The average molecular weight is 339 g/mol. The van der Waals surface area contributed by atoms with E-state index in [2.05, 4.69) is 11.2 Å². The summed E-state index contributed by atoms with van der Waals surface area (Å²) in [7, 11) is 0. The van der Waals surface area contributed by atoms with Crippen LogP contribution in [0.2, 0.25) is 5.02 Å². The molecule has 0 bridgehead atoms. The van der Waals surface area contributed by atoms with Crippen LogP contribution in [-0.4, -0.2) is 17.6 Å². The third-order valence-corrected chi connectivity index (χ3v) is 4.43. The van der Waals surface area contributed by atoms with Crippen LogP contribution in [0.3, 0.4) is 0 Å². The normalized spacial score (nSPS) is 13.6. The van der Waals surface area contributed by atoms with Gasteiger partial charge in [-0.25, -0.2) is 0 Å². The standard InChI is InChI=1S/C19H15ClN2O2/c20-15-8-3-6-14(11-15)18-12-16(21-24-18)19(23)22-10-4-7-13-5-1-2-9-17(13)22/h1-3,5-6,8-9,11-12H,4,7,10H2. The number of nitrogens with zero attached hydrogens (tertiary/aromatic N) is 2. The molecule has 1 amide bonds. The molecule has 0 fully saturated rings. The van der Waals surface area contributed by atoms with E-state index in [-0.39, 0.29) is 5.91 Å². The molecule has 4 nitrogen and oxygen atoms in total. The van der Waals surface area contributed by atoms with Crippen molar-refractivity contribution in [2.45, 2.75) is 12.8 Å². The van der Waals surface area contributed by atoms with Crippen LogP contribution in [0.25, 0.3) is 11.3 Å². The molecule has 0 saturated carbocycles. The number of para-hydroxylation sites is 1. The van der Waals surface area contributed by atoms with E-state index >= 15 is 0 Å². The van der Waals surface area contributed by atoms with Crippen LogP contribution in [0.5, 0.6) is 0 Å². The van der Waals surface area contributed by atoms with Crippen LogP contribution in [0.4, 0.5) is 5.69 Å². The van der Waals surface area contributed by atoms with Crippen LogP contribution < -0.4 is 4.90 Å². The van der Waals surface area contributed by atoms with Gasteiger partial charge in [0.05, 0.1) is 0 Å². The summed E-state index contributed by atoms with van der Waals surface area (Å²) >= 11 is 6.00. The Balaban J connectivity index is 1.65. The molecule has 0 atom stereocenters. The lowest BCUT2D eigenvalue weighted by Crippen LogP contribution is -2.35. The molecule has 0 spiro atoms. The summed E-state index contributed by atoms with van der Waals surface area (Å²) in [5, 5.41) is 4.57. The van der Waals surface area contributed by atoms with Crippen molar-refractivity contribution in [3.8, 4) is 11.3 Å². The fourth-order valence-electron chi connectivity index (χ4n) is 3.04. The number of fused-ring (bicyclic) bond motifs is 1. The lowest BCUT2D eigenvalue weighted by Gasteiger charge is -2.28. The van der Waals surface area contributed by atoms with Crippen LogP contribution in [0, 0.1) is 0 Å². The van der Waals surface area contributed by atoms with Crippen LogP contribution in [0.1, 0.15) is 22.5 Å². The molecule has 0 N–H and O–H groups in total. The maximum absolute atomic E-state index is 12.9. The molecule has 0 aliphatic carbocycles. The molecule has 2 aromatic carbocycles. The summed E-state index contributed by atoms with van der Waals surface area (Å²) < 4.78 is 5.35. The number of hydrogen-bond acceptors (Lipinski definition) is 3. The van der Waals surface area contributed by atoms with Gasteiger partial charge >= 0.3 is 0 Å². The van der Waals surface area contributed by atoms with Crippen molar-refractivity contribution in [2.75, 3.05) is 11.4 Å². The SMILES string of the molecule is O=C(c1cc(-c2cccc(Cl)c2)on1)N1CCCc2ccccc21. The number of anilines is 1. The van der Waals surface area contributed by atoms with E-state index in [1.54, 1.807) is 23.1 Å². The van der Waals surface area contributed by atoms with Crippen molar-refractivity contribution in [1.29, 1.82) is 0 Å². The molecule has 1 aliphatic heterocycles. The maximum Gasteiger partial charge on any atom is 0.280 e. The van der Waals surface area contributed by atoms with Gasteiger partial charge in [0.15, 0.2) is 11.5 Å². The van der Waals surface area contributed by atoms with Gasteiger partial charge in [0.25, 0.3) is 5.91 Å². The fourth-order valence-corrected chi connectivity index (χ4v) is 3.23. The molecular formula is C19H15ClN2O2. The highest BCUT2D eigenvalue weighted by Gasteiger charge is 2.25. The Morgan fingerprint density at radius 2 is 2.00 bits per heavy atom. The summed E-state index contributed by atoms with van der Waals surface area (Å²) in [6.45, 7) is 0.690. The Morgan fingerprint density at radius 3 is 2.88 bits per heavy atom. The second-order valence-corrected chi connectivity index (χ2v) is 6.21. The third-order valence-electron chi connectivity index (χ3n) is 4.19. The Labute approximate surface area is 144 Å². The van der Waals surface area contributed by atoms with Gasteiger partial charge in [0.2, 0.25) is 0 Å². The molecule has 0 saturated heterocycles. The van der Waals surface area contributed by atoms with Crippen molar-refractivity contribution >= 4 is 23.2 Å². The Kier molecular flexibility index (Phi) is 3.82. The Hall–Kier alpha value is -2.59. The van der Waals surface area contributed by atoms with Gasteiger partial charge in [-0.05, 0) is 36.6 Å². The first-order chi connectivity index (χ1) is 11.7. The van der Waals surface area contributed by atoms with Gasteiger partial charge in [-0.1, -0.05) is 47.1 Å². The molecular weight excluding hydrogens is 324 g/mol. The largest absolute Gasteiger partial charge is 0.355 e. The predicted octanol–water partition coefficient (Wildman–Crippen LogP) is 4.59. The minimum Gasteiger partial charge on any atom is -0.355 e. The molecule has 120 valence electrons. The first-order valence-electron chi connectivity index (χ1n) is 7.85. The highest BCUT2D eigenvalue weighted by Crippen LogP contribution is 2.29. The van der Waals surface area contributed by atoms with Crippen molar-refractivity contribution in [3.05, 3.63) is 70.9 Å². The van der Waals surface area contributed by atoms with E-state index in [0.29, 0.717) is 23.0 Å². The maximum atomic E-state index is 12.9. The summed E-state index contributed by atoms with van der Waals surface area (Å²) in [6, 6.07) is 16.9. The Bertz CT molecular complexity index is 904. The van der Waals surface area contributed by atoms with Crippen molar-refractivity contribution in [2.24, 2.45) is 0 Å². The number of carbonyl (C=O) groups excluding carboxylic acids is 1. The van der Waals surface area contributed by atoms with Crippen LogP contribution in [0.15, 0.2) is 59.1 Å². The van der Waals surface area contributed by atoms with E-state index in [9.17, 15) is 4.79 Å². The molecule has 0 radical (unpaired) electrons. The van der Waals surface area contributed by atoms with Gasteiger partial charge in [0.1, 0.15) is 0 Å². The van der Waals surface area contributed by atoms with Gasteiger partial charge in [-0.3, -0.25) is 4.79 Å². The highest BCUT2D eigenvalue weighted by atomic mass is 35.5. The van der Waals surface area contributed by atoms with E-state index < -0.39 is 0 Å². The lowest BCUT2D eigenvalue weighted by atomic mass is 10.0. The van der Waals surface area contributed by atoms with Crippen molar-refractivity contribution in [1.82, 2.24) is 5.16 Å². The zero-order valence-corrected chi connectivity index (χ0v) is 13.7. The van der Waals surface area contributed by atoms with Gasteiger partial charge in [0, 0.05) is 28.9 Å². The van der Waals surface area contributed by atoms with E-state index in [1.807, 2.05) is 30.3 Å². The van der Waals surface area contributed by atoms with Crippen molar-refractivity contribution < 1.29 is 9.32 Å². The van der Waals surface area contributed by atoms with Crippen LogP contribution in [-0.2, 0) is 6.42 Å². The zero-order chi connectivity index (χ0) is 16.5. The topological polar surface area (TPSA) is 46.3 Å². The van der Waals surface area contributed by atoms with Crippen molar-refractivity contribution in [3.63, 3.8) is 0 Å². The molecule has 5 heteroatoms. The smallest absolute Gasteiger partial charge is 0.280 e. The highest BCUT2D eigenvalue weighted by molar-refractivity contribution is 6.30. The molecule has 1 aromatic heterocycles. The third kappa shape index (κ3) is 2.69. The first kappa shape index (κ1) is 15.0. The Morgan fingerprint density at radius 1 is 1.12 bits per heavy atom. The van der Waals surface area contributed by atoms with E-state index in [1.165, 1.54) is 5.56 Å². The second-order valence-electron chi connectivity index (χ2n) is 5.78. The zero-order valence-electron chi connectivity index (χ0n) is 12.9. The van der Waals surface area contributed by atoms with Gasteiger partial charge < -0.3 is 9.42 Å². The summed E-state index contributed by atoms with van der Waals surface area (Å²) in [5.74, 6) is 0.394. The molecule has 2 heterocycles. The first-order valence-corrected chi connectivity index (χ1v) is 8.22. The van der Waals surface area contributed by atoms with Gasteiger partial charge in [-0.2, -0.15) is 0 Å². The minimum atomic E-state index is -0.140. The average Bonchev–Trinajstić information content (AvgIpc) is 3.11. The number of benzene rings is 2. The molecule has 0 unspecified atom stereocenters. The minimum absolute atomic E-state index is 0.140. The van der Waals surface area contributed by atoms with E-state index in [4.69, 9.17) is 16.1 Å². The molecule has 1 aliphatic rings. The summed E-state index contributed by atoms with van der Waals surface area (Å²) in [5.41, 5.74) is 3.26. The van der Waals surface area contributed by atoms with Gasteiger partial charge in [-0.15, -0.1) is 0 Å². The summed E-state index contributed by atoms with van der Waals surface area (Å²) in [6.07, 6.45) is 1.94. The van der Waals surface area contributed by atoms with Crippen LogP contribution >= 0.6 is 11.6 Å².